The Kier molecular flexibility index (Phi) is 5.58. The number of pyridine rings is 1. The van der Waals surface area contributed by atoms with Gasteiger partial charge in [0, 0.05) is 11.6 Å². The Hall–Kier alpha value is -2.85. The maximum absolute atomic E-state index is 13.6. The van der Waals surface area contributed by atoms with E-state index in [0.29, 0.717) is 11.3 Å². The molecule has 11 heteroatoms. The molecule has 1 aromatic carbocycles. The second-order valence-corrected chi connectivity index (χ2v) is 6.09. The summed E-state index contributed by atoms with van der Waals surface area (Å²) in [7, 11) is 0. The zero-order chi connectivity index (χ0) is 21.3. The second kappa shape index (κ2) is 7.28. The highest BCUT2D eigenvalue weighted by atomic mass is 19.4. The van der Waals surface area contributed by atoms with Crippen LogP contribution in [-0.4, -0.2) is 23.9 Å². The van der Waals surface area contributed by atoms with Crippen molar-refractivity contribution in [3.05, 3.63) is 59.0 Å². The fourth-order valence-electron chi connectivity index (χ4n) is 2.48. The second-order valence-electron chi connectivity index (χ2n) is 6.09. The highest BCUT2D eigenvalue weighted by molar-refractivity contribution is 5.95. The van der Waals surface area contributed by atoms with Crippen LogP contribution < -0.4 is 15.6 Å². The van der Waals surface area contributed by atoms with Crippen LogP contribution in [0.4, 0.5) is 36.6 Å². The molecule has 152 valence electrons. The van der Waals surface area contributed by atoms with E-state index in [4.69, 9.17) is 0 Å². The van der Waals surface area contributed by atoms with Crippen molar-refractivity contribution in [2.75, 3.05) is 5.32 Å². The van der Waals surface area contributed by atoms with Crippen LogP contribution in [0.1, 0.15) is 21.6 Å². The first kappa shape index (κ1) is 21.5. The van der Waals surface area contributed by atoms with Gasteiger partial charge in [0.1, 0.15) is 5.82 Å². The van der Waals surface area contributed by atoms with E-state index in [1.54, 1.807) is 0 Å². The Morgan fingerprint density at radius 3 is 1.93 bits per heavy atom. The fraction of sp³-hybridized carbons (Fsp3) is 0.294. The van der Waals surface area contributed by atoms with Gasteiger partial charge in [0.25, 0.3) is 11.7 Å². The standard InChI is InChI=1S/C17H14F7N3O/c1-9-7-10(2)25-13(8-9)26-15(16(19,20)21,17(22,23)24)27-14(28)11-3-5-12(18)6-4-11/h3-8H,1-2H3,(H,25,26)(H,27,28)/p+1. The van der Waals surface area contributed by atoms with Crippen molar-refractivity contribution in [1.29, 1.82) is 0 Å². The van der Waals surface area contributed by atoms with Gasteiger partial charge in [0.2, 0.25) is 0 Å². The average molecular weight is 410 g/mol. The predicted octanol–water partition coefficient (Wildman–Crippen LogP) is 3.92. The van der Waals surface area contributed by atoms with Crippen LogP contribution in [0.5, 0.6) is 0 Å². The molecule has 28 heavy (non-hydrogen) atoms. The summed E-state index contributed by atoms with van der Waals surface area (Å²) in [5.41, 5.74) is -4.68. The van der Waals surface area contributed by atoms with E-state index in [2.05, 4.69) is 4.98 Å². The molecule has 0 spiro atoms. The Morgan fingerprint density at radius 1 is 0.929 bits per heavy atom. The van der Waals surface area contributed by atoms with Gasteiger partial charge in [-0.2, -0.15) is 26.3 Å². The van der Waals surface area contributed by atoms with Crippen LogP contribution in [0.25, 0.3) is 0 Å². The highest BCUT2D eigenvalue weighted by Gasteiger charge is 2.76. The molecule has 0 saturated carbocycles. The van der Waals surface area contributed by atoms with Crippen molar-refractivity contribution in [3.63, 3.8) is 0 Å². The third-order valence-electron chi connectivity index (χ3n) is 3.73. The third kappa shape index (κ3) is 4.34. The lowest BCUT2D eigenvalue weighted by atomic mass is 10.1. The molecule has 3 N–H and O–H groups in total. The van der Waals surface area contributed by atoms with E-state index in [9.17, 15) is 35.5 Å². The Balaban J connectivity index is 2.54. The number of halogens is 7. The number of rotatable bonds is 4. The molecule has 0 aliphatic heterocycles. The van der Waals surface area contributed by atoms with Gasteiger partial charge >= 0.3 is 18.0 Å². The van der Waals surface area contributed by atoms with Gasteiger partial charge in [-0.1, -0.05) is 0 Å². The van der Waals surface area contributed by atoms with Crippen molar-refractivity contribution in [2.24, 2.45) is 0 Å². The van der Waals surface area contributed by atoms with E-state index in [1.807, 2.05) is 0 Å². The summed E-state index contributed by atoms with van der Waals surface area (Å²) < 4.78 is 94.7. The molecule has 1 heterocycles. The zero-order valence-corrected chi connectivity index (χ0v) is 14.5. The summed E-state index contributed by atoms with van der Waals surface area (Å²) in [5.74, 6) is -3.10. The van der Waals surface area contributed by atoms with Gasteiger partial charge in [0.05, 0.1) is 5.69 Å². The summed E-state index contributed by atoms with van der Waals surface area (Å²) in [4.78, 5) is 14.5. The van der Waals surface area contributed by atoms with E-state index in [0.717, 1.165) is 35.6 Å². The summed E-state index contributed by atoms with van der Waals surface area (Å²) in [6.07, 6.45) is -11.9. The SMILES string of the molecule is Cc1cc(C)[nH+]c(NC(NC(=O)c2ccc(F)cc2)(C(F)(F)F)C(F)(F)F)c1. The number of carbonyl (C=O) groups excluding carboxylic acids is 1. The largest absolute Gasteiger partial charge is 0.462 e. The molecule has 0 radical (unpaired) electrons. The minimum Gasteiger partial charge on any atom is -0.296 e. The summed E-state index contributed by atoms with van der Waals surface area (Å²) in [5, 5.41) is 2.35. The molecule has 0 unspecified atom stereocenters. The zero-order valence-electron chi connectivity index (χ0n) is 14.5. The normalized spacial score (nSPS) is 12.6. The monoisotopic (exact) mass is 410 g/mol. The summed E-state index contributed by atoms with van der Waals surface area (Å²) >= 11 is 0. The lowest BCUT2D eigenvalue weighted by molar-refractivity contribution is -0.376. The van der Waals surface area contributed by atoms with Crippen LogP contribution in [0.15, 0.2) is 36.4 Å². The first-order chi connectivity index (χ1) is 12.7. The number of carbonyl (C=O) groups is 1. The lowest BCUT2D eigenvalue weighted by Gasteiger charge is -2.34. The smallest absolute Gasteiger partial charge is 0.296 e. The molecule has 1 amide bonds. The van der Waals surface area contributed by atoms with E-state index < -0.39 is 41.1 Å². The maximum Gasteiger partial charge on any atom is 0.462 e. The Bertz CT molecular complexity index is 826. The van der Waals surface area contributed by atoms with Gasteiger partial charge in [0.15, 0.2) is 0 Å². The predicted molar refractivity (Wildman–Crippen MR) is 84.8 cm³/mol. The fourth-order valence-corrected chi connectivity index (χ4v) is 2.48. The highest BCUT2D eigenvalue weighted by Crippen LogP contribution is 2.43. The van der Waals surface area contributed by atoms with E-state index in [1.165, 1.54) is 25.2 Å². The number of H-pyrrole nitrogens is 1. The molecular weight excluding hydrogens is 395 g/mol. The number of aromatic amines is 1. The number of alkyl halides is 6. The first-order valence-corrected chi connectivity index (χ1v) is 7.75. The number of benzene rings is 1. The Morgan fingerprint density at radius 2 is 1.46 bits per heavy atom. The van der Waals surface area contributed by atoms with Gasteiger partial charge < -0.3 is 0 Å². The number of hydrogen-bond donors (Lipinski definition) is 2. The minimum absolute atomic E-state index is 0.297. The third-order valence-corrected chi connectivity index (χ3v) is 3.73. The number of anilines is 1. The van der Waals surface area contributed by atoms with Gasteiger partial charge in [-0.25, -0.2) is 14.7 Å². The Labute approximate surface area is 154 Å². The van der Waals surface area contributed by atoms with Gasteiger partial charge in [-0.15, -0.1) is 0 Å². The van der Waals surface area contributed by atoms with Crippen molar-refractivity contribution >= 4 is 11.7 Å². The van der Waals surface area contributed by atoms with Crippen molar-refractivity contribution in [1.82, 2.24) is 5.32 Å². The summed E-state index contributed by atoms with van der Waals surface area (Å²) in [6.45, 7) is 2.92. The van der Waals surface area contributed by atoms with Crippen molar-refractivity contribution < 1.29 is 40.5 Å². The minimum atomic E-state index is -5.97. The number of hydrogen-bond acceptors (Lipinski definition) is 2. The van der Waals surface area contributed by atoms with Crippen LogP contribution in [0.3, 0.4) is 0 Å². The van der Waals surface area contributed by atoms with Gasteiger partial charge in [-0.3, -0.25) is 10.1 Å². The quantitative estimate of drug-likeness (QED) is 0.593. The first-order valence-electron chi connectivity index (χ1n) is 7.75. The number of aryl methyl sites for hydroxylation is 2. The van der Waals surface area contributed by atoms with Crippen LogP contribution in [-0.2, 0) is 0 Å². The maximum atomic E-state index is 13.6. The number of nitrogens with one attached hydrogen (secondary N) is 3. The molecule has 1 aromatic heterocycles. The molecule has 0 bridgehead atoms. The molecule has 0 fully saturated rings. The number of aromatic nitrogens is 1. The van der Waals surface area contributed by atoms with E-state index >= 15 is 0 Å². The molecule has 0 atom stereocenters. The average Bonchev–Trinajstić information content (AvgIpc) is 2.51. The molecule has 2 rings (SSSR count). The molecule has 0 aliphatic carbocycles. The van der Waals surface area contributed by atoms with Crippen molar-refractivity contribution in [3.8, 4) is 0 Å². The van der Waals surface area contributed by atoms with Crippen LogP contribution in [0.2, 0.25) is 0 Å². The number of amides is 1. The molecule has 2 aromatic rings. The topological polar surface area (TPSA) is 55.3 Å². The van der Waals surface area contributed by atoms with Crippen molar-refractivity contribution in [2.45, 2.75) is 31.9 Å². The lowest BCUT2D eigenvalue weighted by Crippen LogP contribution is -2.72. The van der Waals surface area contributed by atoms with Gasteiger partial charge in [-0.05, 0) is 49.7 Å². The van der Waals surface area contributed by atoms with E-state index in [-0.39, 0.29) is 0 Å². The molecule has 0 saturated heterocycles. The van der Waals surface area contributed by atoms with Crippen LogP contribution in [0, 0.1) is 19.7 Å². The molecule has 0 aliphatic rings. The van der Waals surface area contributed by atoms with Crippen LogP contribution >= 0.6 is 0 Å². The molecule has 4 nitrogen and oxygen atoms in total. The molecular formula is C17H15F7N3O+. The summed E-state index contributed by atoms with van der Waals surface area (Å²) in [6, 6.07) is 5.55.